The van der Waals surface area contributed by atoms with Gasteiger partial charge in [0.25, 0.3) is 5.88 Å². The minimum atomic E-state index is -0.456. The van der Waals surface area contributed by atoms with E-state index in [9.17, 15) is 9.50 Å². The Kier molecular flexibility index (Phi) is 7.19. The molecular weight excluding hydrogens is 411 g/mol. The number of halogens is 1. The summed E-state index contributed by atoms with van der Waals surface area (Å²) in [5.41, 5.74) is 2.96. The van der Waals surface area contributed by atoms with E-state index in [1.54, 1.807) is 13.2 Å². The van der Waals surface area contributed by atoms with Gasteiger partial charge in [-0.3, -0.25) is 0 Å². The van der Waals surface area contributed by atoms with Crippen LogP contribution in [0, 0.1) is 5.82 Å². The third-order valence-corrected chi connectivity index (χ3v) is 5.42. The molecule has 1 unspecified atom stereocenters. The van der Waals surface area contributed by atoms with Gasteiger partial charge in [0, 0.05) is 44.1 Å². The zero-order valence-electron chi connectivity index (χ0n) is 18.0. The molecule has 1 fully saturated rings. The van der Waals surface area contributed by atoms with Crippen LogP contribution in [0.5, 0.6) is 17.4 Å². The quantitative estimate of drug-likeness (QED) is 0.536. The normalized spacial score (nSPS) is 15.7. The van der Waals surface area contributed by atoms with Crippen molar-refractivity contribution in [1.82, 2.24) is 4.98 Å². The van der Waals surface area contributed by atoms with Gasteiger partial charge in [0.05, 0.1) is 13.2 Å². The summed E-state index contributed by atoms with van der Waals surface area (Å²) in [6.45, 7) is 1.88. The van der Waals surface area contributed by atoms with Crippen molar-refractivity contribution in [1.29, 1.82) is 0 Å². The Labute approximate surface area is 187 Å². The lowest BCUT2D eigenvalue weighted by Crippen LogP contribution is -2.26. The van der Waals surface area contributed by atoms with E-state index in [2.05, 4.69) is 9.88 Å². The molecule has 0 amide bonds. The highest BCUT2D eigenvalue weighted by Gasteiger charge is 2.27. The Morgan fingerprint density at radius 2 is 2.00 bits per heavy atom. The second-order valence-corrected chi connectivity index (χ2v) is 7.67. The van der Waals surface area contributed by atoms with Crippen LogP contribution in [0.25, 0.3) is 0 Å². The molecule has 1 aromatic heterocycles. The van der Waals surface area contributed by atoms with Gasteiger partial charge in [-0.15, -0.1) is 0 Å². The number of benzene rings is 2. The molecule has 168 valence electrons. The van der Waals surface area contributed by atoms with Crippen LogP contribution in [0.15, 0.2) is 60.8 Å². The number of ether oxygens (including phenoxy) is 3. The van der Waals surface area contributed by atoms with Crippen LogP contribution in [-0.2, 0) is 17.8 Å². The van der Waals surface area contributed by atoms with Crippen LogP contribution in [0.1, 0.15) is 17.5 Å². The zero-order chi connectivity index (χ0) is 22.3. The lowest BCUT2D eigenvalue weighted by atomic mass is 10.1. The number of anilines is 1. The maximum absolute atomic E-state index is 13.9. The number of aromatic nitrogens is 1. The van der Waals surface area contributed by atoms with E-state index in [4.69, 9.17) is 14.2 Å². The van der Waals surface area contributed by atoms with Crippen LogP contribution < -0.4 is 14.4 Å². The molecule has 0 spiro atoms. The summed E-state index contributed by atoms with van der Waals surface area (Å²) in [6, 6.07) is 16.5. The van der Waals surface area contributed by atoms with Crippen molar-refractivity contribution in [3.05, 3.63) is 77.7 Å². The summed E-state index contributed by atoms with van der Waals surface area (Å²) in [4.78, 5) is 6.18. The van der Waals surface area contributed by atoms with Gasteiger partial charge < -0.3 is 24.2 Å². The van der Waals surface area contributed by atoms with Crippen LogP contribution in [0.2, 0.25) is 0 Å². The van der Waals surface area contributed by atoms with Crippen molar-refractivity contribution in [2.75, 3.05) is 31.7 Å². The van der Waals surface area contributed by atoms with Gasteiger partial charge in [-0.2, -0.15) is 0 Å². The smallest absolute Gasteiger partial charge is 0.250 e. The molecule has 1 saturated heterocycles. The maximum atomic E-state index is 13.9. The SMILES string of the molecule is COCc1ccccc1Oc1ccc(N2CCC(Oc3ncccc3F)C2)c(CCO)c1. The molecule has 0 aliphatic carbocycles. The molecule has 3 aromatic rings. The lowest BCUT2D eigenvalue weighted by molar-refractivity contribution is 0.182. The molecule has 0 radical (unpaired) electrons. The highest BCUT2D eigenvalue weighted by molar-refractivity contribution is 5.58. The Hall–Kier alpha value is -3.16. The monoisotopic (exact) mass is 438 g/mol. The van der Waals surface area contributed by atoms with Crippen LogP contribution in [0.4, 0.5) is 10.1 Å². The standard InChI is InChI=1S/C25H27FN2O4/c1-30-17-19-5-2-3-7-24(19)31-20-8-9-23(18(15-20)11-14-29)28-13-10-21(16-28)32-25-22(26)6-4-12-27-25/h2-9,12,15,21,29H,10-11,13-14,16-17H2,1H3. The first-order valence-electron chi connectivity index (χ1n) is 10.7. The maximum Gasteiger partial charge on any atom is 0.250 e. The fraction of sp³-hybridized carbons (Fsp3) is 0.320. The second kappa shape index (κ2) is 10.4. The summed E-state index contributed by atoms with van der Waals surface area (Å²) in [7, 11) is 1.65. The third kappa shape index (κ3) is 5.18. The molecule has 2 aromatic carbocycles. The number of methoxy groups -OCH3 is 1. The van der Waals surface area contributed by atoms with E-state index in [-0.39, 0.29) is 18.6 Å². The first-order valence-corrected chi connectivity index (χ1v) is 10.7. The average Bonchev–Trinajstić information content (AvgIpc) is 3.26. The Bertz CT molecular complexity index is 1050. The fourth-order valence-electron chi connectivity index (χ4n) is 3.92. The molecule has 32 heavy (non-hydrogen) atoms. The second-order valence-electron chi connectivity index (χ2n) is 7.67. The molecule has 1 aliphatic heterocycles. The summed E-state index contributed by atoms with van der Waals surface area (Å²) in [5, 5.41) is 9.61. The molecule has 4 rings (SSSR count). The molecule has 2 heterocycles. The Morgan fingerprint density at radius 1 is 1.12 bits per heavy atom. The summed E-state index contributed by atoms with van der Waals surface area (Å²) >= 11 is 0. The van der Waals surface area contributed by atoms with Crippen molar-refractivity contribution < 1.29 is 23.7 Å². The molecule has 0 saturated carbocycles. The molecular formula is C25H27FN2O4. The van der Waals surface area contributed by atoms with Crippen molar-refractivity contribution in [3.63, 3.8) is 0 Å². The van der Waals surface area contributed by atoms with Crippen LogP contribution in [-0.4, -0.2) is 43.0 Å². The first kappa shape index (κ1) is 22.0. The largest absolute Gasteiger partial charge is 0.470 e. The molecule has 7 heteroatoms. The van der Waals surface area contributed by atoms with Gasteiger partial charge in [-0.1, -0.05) is 18.2 Å². The van der Waals surface area contributed by atoms with E-state index in [1.165, 1.54) is 12.3 Å². The van der Waals surface area contributed by atoms with E-state index < -0.39 is 5.82 Å². The van der Waals surface area contributed by atoms with Crippen LogP contribution in [0.3, 0.4) is 0 Å². The van der Waals surface area contributed by atoms with Gasteiger partial charge in [0.15, 0.2) is 5.82 Å². The van der Waals surface area contributed by atoms with Gasteiger partial charge in [0.1, 0.15) is 17.6 Å². The number of hydrogen-bond donors (Lipinski definition) is 1. The zero-order valence-corrected chi connectivity index (χ0v) is 18.0. The minimum Gasteiger partial charge on any atom is -0.470 e. The molecule has 0 bridgehead atoms. The van der Waals surface area contributed by atoms with Gasteiger partial charge >= 0.3 is 0 Å². The first-order chi connectivity index (χ1) is 15.7. The predicted octanol–water partition coefficient (Wildman–Crippen LogP) is 4.35. The van der Waals surface area contributed by atoms with Crippen LogP contribution >= 0.6 is 0 Å². The Morgan fingerprint density at radius 3 is 2.81 bits per heavy atom. The van der Waals surface area contributed by atoms with Crippen molar-refractivity contribution in [3.8, 4) is 17.4 Å². The van der Waals surface area contributed by atoms with Crippen molar-refractivity contribution >= 4 is 5.69 Å². The summed E-state index contributed by atoms with van der Waals surface area (Å²) in [6.07, 6.45) is 2.63. The molecule has 1 N–H and O–H groups in total. The number of hydrogen-bond acceptors (Lipinski definition) is 6. The van der Waals surface area contributed by atoms with Crippen molar-refractivity contribution in [2.45, 2.75) is 25.6 Å². The number of nitrogens with zero attached hydrogens (tertiary/aromatic N) is 2. The lowest BCUT2D eigenvalue weighted by Gasteiger charge is -2.23. The third-order valence-electron chi connectivity index (χ3n) is 5.42. The molecule has 1 atom stereocenters. The molecule has 1 aliphatic rings. The van der Waals surface area contributed by atoms with Gasteiger partial charge in [-0.05, 0) is 48.4 Å². The summed E-state index contributed by atoms with van der Waals surface area (Å²) in [5.74, 6) is 1.02. The van der Waals surface area contributed by atoms with Gasteiger partial charge in [0.2, 0.25) is 0 Å². The topological polar surface area (TPSA) is 64.1 Å². The number of rotatable bonds is 9. The summed E-state index contributed by atoms with van der Waals surface area (Å²) < 4.78 is 31.0. The molecule has 6 nitrogen and oxygen atoms in total. The van der Waals surface area contributed by atoms with E-state index in [1.807, 2.05) is 42.5 Å². The number of aliphatic hydroxyl groups excluding tert-OH is 1. The highest BCUT2D eigenvalue weighted by atomic mass is 19.1. The number of pyridine rings is 1. The van der Waals surface area contributed by atoms with E-state index in [0.717, 1.165) is 35.5 Å². The fourth-order valence-corrected chi connectivity index (χ4v) is 3.92. The Balaban J connectivity index is 1.49. The number of para-hydroxylation sites is 1. The van der Waals surface area contributed by atoms with E-state index >= 15 is 0 Å². The average molecular weight is 438 g/mol. The minimum absolute atomic E-state index is 0.0314. The predicted molar refractivity (Wildman–Crippen MR) is 120 cm³/mol. The number of aliphatic hydroxyl groups is 1. The van der Waals surface area contributed by atoms with Gasteiger partial charge in [-0.25, -0.2) is 9.37 Å². The van der Waals surface area contributed by atoms with Crippen molar-refractivity contribution in [2.24, 2.45) is 0 Å². The highest BCUT2D eigenvalue weighted by Crippen LogP contribution is 2.33. The van der Waals surface area contributed by atoms with E-state index in [0.29, 0.717) is 25.3 Å².